The third-order valence-corrected chi connectivity index (χ3v) is 8.10. The Hall–Kier alpha value is -5.36. The van der Waals surface area contributed by atoms with Gasteiger partial charge in [0.2, 0.25) is 23.6 Å². The quantitative estimate of drug-likeness (QED) is 0.0676. The molecule has 2 aromatic carbocycles. The summed E-state index contributed by atoms with van der Waals surface area (Å²) < 4.78 is 23.8. The van der Waals surface area contributed by atoms with Crippen LogP contribution in [0.3, 0.4) is 0 Å². The van der Waals surface area contributed by atoms with Gasteiger partial charge in [-0.2, -0.15) is 0 Å². The number of aromatic amines is 1. The monoisotopic (exact) mass is 673 g/mol. The topological polar surface area (TPSA) is 287 Å². The molecule has 0 aliphatic rings. The Morgan fingerprint density at radius 2 is 1.51 bits per heavy atom. The van der Waals surface area contributed by atoms with E-state index in [9.17, 15) is 47.6 Å². The number of amides is 4. The van der Waals surface area contributed by atoms with Gasteiger partial charge < -0.3 is 37.5 Å². The molecule has 9 N–H and O–H groups in total. The SMILES string of the molecule is CS(=O)(=O)CC[C@H](NC(=O)[C@H](N)Cc1c[nH]c2ccccc12)C(=O)N[C@@H](CC(=O)O)C(=O)N[C@@H](Cc1ccc([N+](=O)[O-])cc1)C(N)=O. The summed E-state index contributed by atoms with van der Waals surface area (Å²) in [6.45, 7) is 0. The number of fused-ring (bicyclic) bond motifs is 1. The number of carbonyl (C=O) groups excluding carboxylic acids is 4. The van der Waals surface area contributed by atoms with Crippen LogP contribution in [0.5, 0.6) is 0 Å². The number of carbonyl (C=O) groups is 5. The molecule has 0 unspecified atom stereocenters. The number of nitrogens with zero attached hydrogens (tertiary/aromatic N) is 1. The lowest BCUT2D eigenvalue weighted by Crippen LogP contribution is -2.58. The van der Waals surface area contributed by atoms with Gasteiger partial charge in [0.15, 0.2) is 0 Å². The molecule has 17 nitrogen and oxygen atoms in total. The highest BCUT2D eigenvalue weighted by Crippen LogP contribution is 2.19. The normalized spacial score (nSPS) is 13.9. The van der Waals surface area contributed by atoms with Crippen molar-refractivity contribution < 1.29 is 42.4 Å². The van der Waals surface area contributed by atoms with Crippen molar-refractivity contribution in [2.45, 2.75) is 49.9 Å². The summed E-state index contributed by atoms with van der Waals surface area (Å²) in [6.07, 6.45) is 1.07. The van der Waals surface area contributed by atoms with Crippen LogP contribution in [-0.4, -0.2) is 89.2 Å². The molecule has 1 aromatic heterocycles. The average molecular weight is 674 g/mol. The van der Waals surface area contributed by atoms with Gasteiger partial charge in [-0.25, -0.2) is 8.42 Å². The smallest absolute Gasteiger partial charge is 0.305 e. The second kappa shape index (κ2) is 15.8. The zero-order chi connectivity index (χ0) is 34.9. The lowest BCUT2D eigenvalue weighted by atomic mass is 10.0. The number of nitro benzene ring substituents is 1. The Morgan fingerprint density at radius 1 is 0.915 bits per heavy atom. The van der Waals surface area contributed by atoms with E-state index in [1.54, 1.807) is 6.20 Å². The Labute approximate surface area is 268 Å². The van der Waals surface area contributed by atoms with E-state index in [-0.39, 0.29) is 18.5 Å². The first kappa shape index (κ1) is 36.1. The minimum Gasteiger partial charge on any atom is -0.481 e. The molecule has 0 saturated carbocycles. The van der Waals surface area contributed by atoms with Crippen molar-refractivity contribution in [1.82, 2.24) is 20.9 Å². The highest BCUT2D eigenvalue weighted by molar-refractivity contribution is 7.90. The van der Waals surface area contributed by atoms with Crippen molar-refractivity contribution in [3.05, 3.63) is 76.0 Å². The fourth-order valence-electron chi connectivity index (χ4n) is 4.65. The number of nitrogens with two attached hydrogens (primary N) is 2. The van der Waals surface area contributed by atoms with Gasteiger partial charge in [0.25, 0.3) is 5.69 Å². The molecular formula is C29H35N7O10S. The second-order valence-corrected chi connectivity index (χ2v) is 13.2. The summed E-state index contributed by atoms with van der Waals surface area (Å²) >= 11 is 0. The van der Waals surface area contributed by atoms with Crippen molar-refractivity contribution in [3.8, 4) is 0 Å². The first-order chi connectivity index (χ1) is 22.0. The molecule has 47 heavy (non-hydrogen) atoms. The van der Waals surface area contributed by atoms with Crippen LogP contribution in [0.2, 0.25) is 0 Å². The lowest BCUT2D eigenvalue weighted by Gasteiger charge is -2.25. The number of para-hydroxylation sites is 1. The van der Waals surface area contributed by atoms with Gasteiger partial charge in [-0.3, -0.25) is 34.1 Å². The van der Waals surface area contributed by atoms with E-state index in [4.69, 9.17) is 11.5 Å². The highest BCUT2D eigenvalue weighted by Gasteiger charge is 2.32. The van der Waals surface area contributed by atoms with Crippen LogP contribution in [0.25, 0.3) is 10.9 Å². The molecule has 4 atom stereocenters. The molecule has 18 heteroatoms. The van der Waals surface area contributed by atoms with E-state index < -0.39 is 87.1 Å². The zero-order valence-electron chi connectivity index (χ0n) is 25.2. The van der Waals surface area contributed by atoms with Crippen molar-refractivity contribution in [1.29, 1.82) is 0 Å². The van der Waals surface area contributed by atoms with Gasteiger partial charge >= 0.3 is 5.97 Å². The van der Waals surface area contributed by atoms with E-state index in [2.05, 4.69) is 20.9 Å². The number of aromatic nitrogens is 1. The number of hydrogen-bond donors (Lipinski definition) is 7. The molecule has 1 heterocycles. The van der Waals surface area contributed by atoms with Gasteiger partial charge in [0.05, 0.1) is 23.1 Å². The number of sulfone groups is 1. The lowest BCUT2D eigenvalue weighted by molar-refractivity contribution is -0.384. The molecule has 0 saturated heterocycles. The highest BCUT2D eigenvalue weighted by atomic mass is 32.2. The molecule has 0 spiro atoms. The number of H-pyrrole nitrogens is 1. The van der Waals surface area contributed by atoms with Crippen LogP contribution < -0.4 is 27.4 Å². The molecule has 0 radical (unpaired) electrons. The van der Waals surface area contributed by atoms with Gasteiger partial charge in [-0.1, -0.05) is 30.3 Å². The van der Waals surface area contributed by atoms with Crippen LogP contribution in [-0.2, 0) is 46.7 Å². The Balaban J connectivity index is 1.75. The largest absolute Gasteiger partial charge is 0.481 e. The van der Waals surface area contributed by atoms with Gasteiger partial charge in [0.1, 0.15) is 28.0 Å². The summed E-state index contributed by atoms with van der Waals surface area (Å²) in [7, 11) is -3.63. The van der Waals surface area contributed by atoms with Crippen molar-refractivity contribution in [3.63, 3.8) is 0 Å². The third kappa shape index (κ3) is 10.9. The molecule has 252 valence electrons. The maximum absolute atomic E-state index is 13.3. The Morgan fingerprint density at radius 3 is 2.11 bits per heavy atom. The third-order valence-electron chi connectivity index (χ3n) is 7.12. The molecule has 0 aliphatic carbocycles. The minimum absolute atomic E-state index is 0.0591. The molecule has 3 rings (SSSR count). The number of hydrogen-bond acceptors (Lipinski definition) is 10. The molecule has 0 aliphatic heterocycles. The fraction of sp³-hybridized carbons (Fsp3) is 0.345. The number of rotatable bonds is 17. The maximum atomic E-state index is 13.3. The summed E-state index contributed by atoms with van der Waals surface area (Å²) in [5.74, 6) is -6.06. The number of nitrogens with one attached hydrogen (secondary N) is 4. The first-order valence-corrected chi connectivity index (χ1v) is 16.2. The number of carboxylic acid groups (broad SMARTS) is 1. The summed E-state index contributed by atoms with van der Waals surface area (Å²) in [6, 6.07) is 6.45. The number of aliphatic carboxylic acids is 1. The van der Waals surface area contributed by atoms with E-state index in [1.807, 2.05) is 24.3 Å². The average Bonchev–Trinajstić information content (AvgIpc) is 3.40. The van der Waals surface area contributed by atoms with Crippen molar-refractivity contribution >= 4 is 56.0 Å². The van der Waals surface area contributed by atoms with Crippen molar-refractivity contribution in [2.75, 3.05) is 12.0 Å². The van der Waals surface area contributed by atoms with Gasteiger partial charge in [0, 0.05) is 41.9 Å². The van der Waals surface area contributed by atoms with E-state index >= 15 is 0 Å². The standard InChI is InChI=1S/C29H35N7O10S/c1-47(45,46)11-10-22(33-27(40)20(30)13-17-15-32-21-5-3-2-4-19(17)21)28(41)35-24(14-25(37)38)29(42)34-23(26(31)39)12-16-6-8-18(9-7-16)36(43)44/h2-9,15,20,22-24,32H,10-14,30H2,1H3,(H2,31,39)(H,33,40)(H,34,42)(H,35,41)(H,37,38)/t20-,22+,23+,24+/m1/s1. The summed E-state index contributed by atoms with van der Waals surface area (Å²) in [5, 5.41) is 28.0. The second-order valence-electron chi connectivity index (χ2n) is 10.9. The molecule has 0 fully saturated rings. The summed E-state index contributed by atoms with van der Waals surface area (Å²) in [4.78, 5) is 76.5. The van der Waals surface area contributed by atoms with Crippen LogP contribution in [0.15, 0.2) is 54.7 Å². The Bertz CT molecular complexity index is 1760. The molecule has 4 amide bonds. The van der Waals surface area contributed by atoms with E-state index in [0.717, 1.165) is 22.7 Å². The number of benzene rings is 2. The summed E-state index contributed by atoms with van der Waals surface area (Å²) in [5.41, 5.74) is 13.2. The first-order valence-electron chi connectivity index (χ1n) is 14.2. The van der Waals surface area contributed by atoms with Crippen LogP contribution in [0, 0.1) is 10.1 Å². The van der Waals surface area contributed by atoms with Crippen LogP contribution in [0.4, 0.5) is 5.69 Å². The number of primary amides is 1. The number of carboxylic acids is 1. The predicted octanol–water partition coefficient (Wildman–Crippen LogP) is -0.962. The maximum Gasteiger partial charge on any atom is 0.305 e. The van der Waals surface area contributed by atoms with Crippen molar-refractivity contribution in [2.24, 2.45) is 11.5 Å². The predicted molar refractivity (Wildman–Crippen MR) is 168 cm³/mol. The zero-order valence-corrected chi connectivity index (χ0v) is 26.0. The van der Waals surface area contributed by atoms with E-state index in [1.165, 1.54) is 24.3 Å². The molecule has 0 bridgehead atoms. The molecule has 3 aromatic rings. The number of non-ortho nitro benzene ring substituents is 1. The number of nitro groups is 1. The van der Waals surface area contributed by atoms with Crippen LogP contribution >= 0.6 is 0 Å². The fourth-order valence-corrected chi connectivity index (χ4v) is 5.31. The van der Waals surface area contributed by atoms with Crippen LogP contribution in [0.1, 0.15) is 24.0 Å². The van der Waals surface area contributed by atoms with Gasteiger partial charge in [-0.05, 0) is 30.0 Å². The van der Waals surface area contributed by atoms with E-state index in [0.29, 0.717) is 5.56 Å². The minimum atomic E-state index is -3.63. The van der Waals surface area contributed by atoms with Gasteiger partial charge in [-0.15, -0.1) is 0 Å². The molecular weight excluding hydrogens is 638 g/mol. The Kier molecular flexibility index (Phi) is 12.1.